The lowest BCUT2D eigenvalue weighted by Crippen LogP contribution is -2.37. The van der Waals surface area contributed by atoms with Crippen molar-refractivity contribution in [3.8, 4) is 5.75 Å². The molecule has 0 fully saturated rings. The third-order valence-corrected chi connectivity index (χ3v) is 4.21. The highest BCUT2D eigenvalue weighted by Gasteiger charge is 2.09. The fourth-order valence-corrected chi connectivity index (χ4v) is 2.54. The van der Waals surface area contributed by atoms with Crippen LogP contribution in [0, 0.1) is 6.92 Å². The first-order valence-corrected chi connectivity index (χ1v) is 9.10. The van der Waals surface area contributed by atoms with Crippen molar-refractivity contribution in [1.29, 1.82) is 0 Å². The standard InChI is InChI=1S/C21H29N3O4/c1-15-11-17(24(2)3)7-10-20(15)23-21(26)22-12-18(25)14-28-13-16-5-8-19(27-4)9-6-16/h5-11,18,25H,12-14H2,1-4H3,(H2,22,23,26). The molecule has 2 amide bonds. The van der Waals surface area contributed by atoms with Crippen molar-refractivity contribution in [3.63, 3.8) is 0 Å². The fourth-order valence-electron chi connectivity index (χ4n) is 2.54. The number of amides is 2. The molecule has 2 aromatic rings. The third-order valence-electron chi connectivity index (χ3n) is 4.21. The van der Waals surface area contributed by atoms with Gasteiger partial charge in [0.2, 0.25) is 0 Å². The minimum absolute atomic E-state index is 0.100. The molecule has 28 heavy (non-hydrogen) atoms. The summed E-state index contributed by atoms with van der Waals surface area (Å²) in [5.74, 6) is 0.783. The number of benzene rings is 2. The van der Waals surface area contributed by atoms with Gasteiger partial charge in [-0.25, -0.2) is 4.79 Å². The van der Waals surface area contributed by atoms with Gasteiger partial charge in [0.1, 0.15) is 5.75 Å². The van der Waals surface area contributed by atoms with Crippen molar-refractivity contribution >= 4 is 17.4 Å². The number of rotatable bonds is 9. The predicted molar refractivity (Wildman–Crippen MR) is 111 cm³/mol. The van der Waals surface area contributed by atoms with Crippen molar-refractivity contribution in [2.45, 2.75) is 19.6 Å². The van der Waals surface area contributed by atoms with Crippen LogP contribution >= 0.6 is 0 Å². The second kappa shape index (κ2) is 10.5. The van der Waals surface area contributed by atoms with Crippen LogP contribution in [0.5, 0.6) is 5.75 Å². The van der Waals surface area contributed by atoms with Crippen molar-refractivity contribution < 1.29 is 19.4 Å². The lowest BCUT2D eigenvalue weighted by Gasteiger charge is -2.16. The van der Waals surface area contributed by atoms with E-state index in [4.69, 9.17) is 9.47 Å². The summed E-state index contributed by atoms with van der Waals surface area (Å²) in [5.41, 5.74) is 3.74. The highest BCUT2D eigenvalue weighted by molar-refractivity contribution is 5.90. The molecule has 0 aliphatic carbocycles. The van der Waals surface area contributed by atoms with Crippen molar-refractivity contribution in [3.05, 3.63) is 53.6 Å². The van der Waals surface area contributed by atoms with Gasteiger partial charge in [-0.3, -0.25) is 0 Å². The Balaban J connectivity index is 1.70. The first-order valence-electron chi connectivity index (χ1n) is 9.10. The number of carbonyl (C=O) groups excluding carboxylic acids is 1. The molecule has 0 aromatic heterocycles. The van der Waals surface area contributed by atoms with Crippen LogP contribution in [0.4, 0.5) is 16.2 Å². The van der Waals surface area contributed by atoms with E-state index in [1.165, 1.54) is 0 Å². The summed E-state index contributed by atoms with van der Waals surface area (Å²) in [4.78, 5) is 14.0. The Morgan fingerprint density at radius 3 is 2.50 bits per heavy atom. The number of carbonyl (C=O) groups is 1. The van der Waals surface area contributed by atoms with Gasteiger partial charge in [-0.2, -0.15) is 0 Å². The molecular formula is C21H29N3O4. The average Bonchev–Trinajstić information content (AvgIpc) is 2.68. The maximum absolute atomic E-state index is 12.0. The molecule has 0 radical (unpaired) electrons. The van der Waals surface area contributed by atoms with Crippen LogP contribution in [-0.2, 0) is 11.3 Å². The van der Waals surface area contributed by atoms with Crippen LogP contribution in [0.25, 0.3) is 0 Å². The van der Waals surface area contributed by atoms with Crippen LogP contribution < -0.4 is 20.3 Å². The van der Waals surface area contributed by atoms with Gasteiger partial charge in [-0.05, 0) is 48.4 Å². The molecule has 7 nitrogen and oxygen atoms in total. The number of aliphatic hydroxyl groups is 1. The van der Waals surface area contributed by atoms with E-state index in [1.807, 2.05) is 68.4 Å². The van der Waals surface area contributed by atoms with Crippen LogP contribution in [0.15, 0.2) is 42.5 Å². The molecule has 2 rings (SSSR count). The van der Waals surface area contributed by atoms with Crippen molar-refractivity contribution in [2.24, 2.45) is 0 Å². The molecule has 3 N–H and O–H groups in total. The predicted octanol–water partition coefficient (Wildman–Crippen LogP) is 2.77. The number of nitrogens with one attached hydrogen (secondary N) is 2. The van der Waals surface area contributed by atoms with Gasteiger partial charge >= 0.3 is 6.03 Å². The highest BCUT2D eigenvalue weighted by Crippen LogP contribution is 2.21. The van der Waals surface area contributed by atoms with Crippen molar-refractivity contribution in [2.75, 3.05) is 44.6 Å². The number of anilines is 2. The number of hydrogen-bond acceptors (Lipinski definition) is 5. The quantitative estimate of drug-likeness (QED) is 0.616. The summed E-state index contributed by atoms with van der Waals surface area (Å²) in [7, 11) is 5.55. The zero-order chi connectivity index (χ0) is 20.5. The zero-order valence-electron chi connectivity index (χ0n) is 16.9. The van der Waals surface area contributed by atoms with E-state index in [9.17, 15) is 9.90 Å². The number of ether oxygens (including phenoxy) is 2. The van der Waals surface area contributed by atoms with E-state index in [-0.39, 0.29) is 19.2 Å². The van der Waals surface area contributed by atoms with Gasteiger partial charge in [0, 0.05) is 32.0 Å². The van der Waals surface area contributed by atoms with Crippen LogP contribution in [-0.4, -0.2) is 51.6 Å². The van der Waals surface area contributed by atoms with Gasteiger partial charge in [-0.15, -0.1) is 0 Å². The molecule has 1 atom stereocenters. The molecule has 0 spiro atoms. The minimum Gasteiger partial charge on any atom is -0.497 e. The van der Waals surface area contributed by atoms with Gasteiger partial charge in [0.05, 0.1) is 26.4 Å². The maximum Gasteiger partial charge on any atom is 0.319 e. The topological polar surface area (TPSA) is 83.1 Å². The SMILES string of the molecule is COc1ccc(COCC(O)CNC(=O)Nc2ccc(N(C)C)cc2C)cc1. The van der Waals surface area contributed by atoms with Gasteiger partial charge in [0.15, 0.2) is 0 Å². The van der Waals surface area contributed by atoms with Gasteiger partial charge in [0.25, 0.3) is 0 Å². The van der Waals surface area contributed by atoms with Crippen molar-refractivity contribution in [1.82, 2.24) is 5.32 Å². The smallest absolute Gasteiger partial charge is 0.319 e. The molecule has 152 valence electrons. The molecule has 0 aliphatic rings. The molecule has 0 saturated carbocycles. The molecule has 2 aromatic carbocycles. The first kappa shape index (κ1) is 21.5. The molecular weight excluding hydrogens is 358 g/mol. The zero-order valence-corrected chi connectivity index (χ0v) is 16.9. The normalized spacial score (nSPS) is 11.6. The monoisotopic (exact) mass is 387 g/mol. The number of urea groups is 1. The van der Waals surface area contributed by atoms with E-state index in [0.717, 1.165) is 28.3 Å². The summed E-state index contributed by atoms with van der Waals surface area (Å²) in [6.07, 6.45) is -0.791. The van der Waals surface area contributed by atoms with Gasteiger partial charge in [-0.1, -0.05) is 12.1 Å². The Kier molecular flexibility index (Phi) is 8.10. The number of hydrogen-bond donors (Lipinski definition) is 3. The lowest BCUT2D eigenvalue weighted by atomic mass is 10.1. The highest BCUT2D eigenvalue weighted by atomic mass is 16.5. The summed E-state index contributed by atoms with van der Waals surface area (Å²) in [5, 5.41) is 15.4. The van der Waals surface area contributed by atoms with Crippen LogP contribution in [0.3, 0.4) is 0 Å². The second-order valence-corrected chi connectivity index (χ2v) is 6.75. The average molecular weight is 387 g/mol. The second-order valence-electron chi connectivity index (χ2n) is 6.75. The number of aliphatic hydroxyl groups excluding tert-OH is 1. The Bertz CT molecular complexity index is 763. The Morgan fingerprint density at radius 2 is 1.89 bits per heavy atom. The van der Waals surface area contributed by atoms with E-state index in [0.29, 0.717) is 6.61 Å². The molecule has 1 unspecified atom stereocenters. The number of aryl methyl sites for hydroxylation is 1. The molecule has 0 heterocycles. The first-order chi connectivity index (χ1) is 13.4. The lowest BCUT2D eigenvalue weighted by molar-refractivity contribution is 0.0302. The Labute approximate surface area is 166 Å². The van der Waals surface area contributed by atoms with E-state index >= 15 is 0 Å². The molecule has 0 aliphatic heterocycles. The Morgan fingerprint density at radius 1 is 1.18 bits per heavy atom. The summed E-state index contributed by atoms with van der Waals surface area (Å²) < 4.78 is 10.6. The maximum atomic E-state index is 12.0. The number of nitrogens with zero attached hydrogens (tertiary/aromatic N) is 1. The third kappa shape index (κ3) is 6.75. The largest absolute Gasteiger partial charge is 0.497 e. The van der Waals surface area contributed by atoms with Crippen LogP contribution in [0.1, 0.15) is 11.1 Å². The van der Waals surface area contributed by atoms with Crippen LogP contribution in [0.2, 0.25) is 0 Å². The Hall–Kier alpha value is -2.77. The number of methoxy groups -OCH3 is 1. The van der Waals surface area contributed by atoms with Gasteiger partial charge < -0.3 is 30.1 Å². The molecule has 7 heteroatoms. The summed E-state index contributed by atoms with van der Waals surface area (Å²) in [6, 6.07) is 12.9. The summed E-state index contributed by atoms with van der Waals surface area (Å²) in [6.45, 7) is 2.54. The van der Waals surface area contributed by atoms with E-state index in [1.54, 1.807) is 7.11 Å². The van der Waals surface area contributed by atoms with E-state index in [2.05, 4.69) is 10.6 Å². The minimum atomic E-state index is -0.791. The fraction of sp³-hybridized carbons (Fsp3) is 0.381. The van der Waals surface area contributed by atoms with E-state index < -0.39 is 6.10 Å². The molecule has 0 bridgehead atoms. The molecule has 0 saturated heterocycles. The summed E-state index contributed by atoms with van der Waals surface area (Å²) >= 11 is 0.